The number of aromatic nitrogens is 1. The molecule has 7 heteroatoms. The maximum atomic E-state index is 12.4. The van der Waals surface area contributed by atoms with E-state index in [9.17, 15) is 9.59 Å². The molecule has 2 heterocycles. The molecule has 142 valence electrons. The van der Waals surface area contributed by atoms with Gasteiger partial charge in [-0.15, -0.1) is 11.3 Å². The van der Waals surface area contributed by atoms with Crippen molar-refractivity contribution in [2.45, 2.75) is 45.6 Å². The molecule has 2 aliphatic rings. The molecule has 1 aromatic carbocycles. The number of carbonyl (C=O) groups excluding carboxylic acids is 2. The predicted molar refractivity (Wildman–Crippen MR) is 103 cm³/mol. The summed E-state index contributed by atoms with van der Waals surface area (Å²) in [5.41, 5.74) is 2.40. The average Bonchev–Trinajstić information content (AvgIpc) is 3.26. The lowest BCUT2D eigenvalue weighted by molar-refractivity contribution is -0.147. The number of hydrogen-bond donors (Lipinski definition) is 0. The molecule has 1 aliphatic heterocycles. The fourth-order valence-corrected chi connectivity index (χ4v) is 4.52. The van der Waals surface area contributed by atoms with Crippen molar-refractivity contribution in [3.63, 3.8) is 0 Å². The largest absolute Gasteiger partial charge is 0.482 e. The third-order valence-electron chi connectivity index (χ3n) is 4.97. The third kappa shape index (κ3) is 3.69. The summed E-state index contributed by atoms with van der Waals surface area (Å²) in [6, 6.07) is 5.64. The van der Waals surface area contributed by atoms with Gasteiger partial charge in [-0.3, -0.25) is 14.5 Å². The van der Waals surface area contributed by atoms with Gasteiger partial charge >= 0.3 is 5.97 Å². The zero-order chi connectivity index (χ0) is 19.0. The molecule has 0 N–H and O–H groups in total. The Balaban J connectivity index is 1.60. The molecular weight excluding hydrogens is 364 g/mol. The fraction of sp³-hybridized carbons (Fsp3) is 0.450. The number of benzene rings is 1. The zero-order valence-corrected chi connectivity index (χ0v) is 16.3. The van der Waals surface area contributed by atoms with E-state index in [4.69, 9.17) is 9.47 Å². The average molecular weight is 386 g/mol. The first-order valence-electron chi connectivity index (χ1n) is 9.22. The van der Waals surface area contributed by atoms with Crippen LogP contribution in [0.2, 0.25) is 0 Å². The first-order chi connectivity index (χ1) is 13.0. The number of anilines is 1. The molecule has 1 fully saturated rings. The van der Waals surface area contributed by atoms with Crippen molar-refractivity contribution in [2.75, 3.05) is 18.1 Å². The van der Waals surface area contributed by atoms with Crippen molar-refractivity contribution in [1.82, 2.24) is 4.98 Å². The number of nitrogens with zero attached hydrogens (tertiary/aromatic N) is 2. The van der Waals surface area contributed by atoms with Crippen LogP contribution >= 0.6 is 11.3 Å². The van der Waals surface area contributed by atoms with Crippen LogP contribution in [0, 0.1) is 13.8 Å². The van der Waals surface area contributed by atoms with Gasteiger partial charge in [-0.1, -0.05) is 0 Å². The van der Waals surface area contributed by atoms with Crippen molar-refractivity contribution >= 4 is 28.9 Å². The standard InChI is InChI=1S/C20H22N2O4S/c1-12-20(21-13(2)27-12)14-7-8-17-16(9-14)22(18(23)11-25-17)10-19(24)26-15-5-3-4-6-15/h7-9,15H,3-6,10-11H2,1-2H3. The Labute approximate surface area is 162 Å². The molecule has 0 radical (unpaired) electrons. The molecule has 0 atom stereocenters. The van der Waals surface area contributed by atoms with E-state index < -0.39 is 0 Å². The van der Waals surface area contributed by atoms with Gasteiger partial charge in [0.05, 0.1) is 16.4 Å². The Morgan fingerprint density at radius 3 is 2.81 bits per heavy atom. The number of amides is 1. The quantitative estimate of drug-likeness (QED) is 0.751. The van der Waals surface area contributed by atoms with Gasteiger partial charge in [0.25, 0.3) is 5.91 Å². The zero-order valence-electron chi connectivity index (χ0n) is 15.5. The highest BCUT2D eigenvalue weighted by Crippen LogP contribution is 2.37. The molecule has 1 aromatic heterocycles. The van der Waals surface area contributed by atoms with Crippen LogP contribution in [0.1, 0.15) is 35.6 Å². The SMILES string of the molecule is Cc1nc(-c2ccc3c(c2)N(CC(=O)OC2CCCC2)C(=O)CO3)c(C)s1. The van der Waals surface area contributed by atoms with Crippen LogP contribution in [0.25, 0.3) is 11.3 Å². The van der Waals surface area contributed by atoms with Gasteiger partial charge in [0.2, 0.25) is 0 Å². The highest BCUT2D eigenvalue weighted by molar-refractivity contribution is 7.11. The first kappa shape index (κ1) is 18.0. The summed E-state index contributed by atoms with van der Waals surface area (Å²) >= 11 is 1.63. The number of thiazole rings is 1. The van der Waals surface area contributed by atoms with E-state index in [0.717, 1.165) is 46.8 Å². The van der Waals surface area contributed by atoms with Gasteiger partial charge in [-0.25, -0.2) is 4.98 Å². The van der Waals surface area contributed by atoms with Crippen LogP contribution in [-0.2, 0) is 14.3 Å². The molecule has 2 aromatic rings. The highest BCUT2D eigenvalue weighted by atomic mass is 32.1. The number of esters is 1. The third-order valence-corrected chi connectivity index (χ3v) is 5.85. The Kier molecular flexibility index (Phi) is 4.86. The van der Waals surface area contributed by atoms with Crippen LogP contribution in [0.3, 0.4) is 0 Å². The summed E-state index contributed by atoms with van der Waals surface area (Å²) in [6.45, 7) is 3.83. The van der Waals surface area contributed by atoms with E-state index in [-0.39, 0.29) is 31.1 Å². The van der Waals surface area contributed by atoms with Gasteiger partial charge in [-0.2, -0.15) is 0 Å². The lowest BCUT2D eigenvalue weighted by atomic mass is 10.1. The van der Waals surface area contributed by atoms with Crippen LogP contribution in [-0.4, -0.2) is 36.1 Å². The minimum Gasteiger partial charge on any atom is -0.482 e. The summed E-state index contributed by atoms with van der Waals surface area (Å²) in [7, 11) is 0. The highest BCUT2D eigenvalue weighted by Gasteiger charge is 2.30. The lowest BCUT2D eigenvalue weighted by Gasteiger charge is -2.29. The molecule has 1 amide bonds. The van der Waals surface area contributed by atoms with E-state index in [1.54, 1.807) is 11.3 Å². The summed E-state index contributed by atoms with van der Waals surface area (Å²) in [6.07, 6.45) is 3.98. The van der Waals surface area contributed by atoms with Crippen molar-refractivity contribution in [3.05, 3.63) is 28.1 Å². The Morgan fingerprint density at radius 2 is 2.11 bits per heavy atom. The minimum absolute atomic E-state index is 0.0138. The molecule has 0 saturated heterocycles. The molecule has 1 aliphatic carbocycles. The van der Waals surface area contributed by atoms with Crippen molar-refractivity contribution in [3.8, 4) is 17.0 Å². The predicted octanol–water partition coefficient (Wildman–Crippen LogP) is 3.64. The minimum atomic E-state index is -0.366. The van der Waals surface area contributed by atoms with Gasteiger partial charge in [-0.05, 0) is 57.7 Å². The summed E-state index contributed by atoms with van der Waals surface area (Å²) in [4.78, 5) is 32.0. The fourth-order valence-electron chi connectivity index (χ4n) is 3.68. The monoisotopic (exact) mass is 386 g/mol. The lowest BCUT2D eigenvalue weighted by Crippen LogP contribution is -2.43. The maximum Gasteiger partial charge on any atom is 0.326 e. The maximum absolute atomic E-state index is 12.4. The normalized spacial score (nSPS) is 17.0. The van der Waals surface area contributed by atoms with E-state index in [1.807, 2.05) is 32.0 Å². The Morgan fingerprint density at radius 1 is 1.33 bits per heavy atom. The number of hydrogen-bond acceptors (Lipinski definition) is 6. The summed E-state index contributed by atoms with van der Waals surface area (Å²) < 4.78 is 11.1. The van der Waals surface area contributed by atoms with E-state index >= 15 is 0 Å². The molecule has 4 rings (SSSR count). The summed E-state index contributed by atoms with van der Waals surface area (Å²) in [5.74, 6) is -0.0139. The molecule has 27 heavy (non-hydrogen) atoms. The van der Waals surface area contributed by atoms with E-state index in [0.29, 0.717) is 11.4 Å². The first-order valence-corrected chi connectivity index (χ1v) is 10.0. The van der Waals surface area contributed by atoms with Crippen molar-refractivity contribution < 1.29 is 19.1 Å². The van der Waals surface area contributed by atoms with E-state index in [1.165, 1.54) is 4.90 Å². The molecule has 0 spiro atoms. The Hall–Kier alpha value is -2.41. The second kappa shape index (κ2) is 7.31. The van der Waals surface area contributed by atoms with Gasteiger partial charge < -0.3 is 9.47 Å². The second-order valence-electron chi connectivity index (χ2n) is 6.99. The smallest absolute Gasteiger partial charge is 0.326 e. The van der Waals surface area contributed by atoms with Gasteiger partial charge in [0.1, 0.15) is 18.4 Å². The van der Waals surface area contributed by atoms with Crippen LogP contribution < -0.4 is 9.64 Å². The number of aryl methyl sites for hydroxylation is 2. The van der Waals surface area contributed by atoms with Crippen LogP contribution in [0.5, 0.6) is 5.75 Å². The van der Waals surface area contributed by atoms with Crippen molar-refractivity contribution in [2.24, 2.45) is 0 Å². The van der Waals surface area contributed by atoms with Crippen molar-refractivity contribution in [1.29, 1.82) is 0 Å². The van der Waals surface area contributed by atoms with Crippen LogP contribution in [0.15, 0.2) is 18.2 Å². The van der Waals surface area contributed by atoms with Crippen LogP contribution in [0.4, 0.5) is 5.69 Å². The number of fused-ring (bicyclic) bond motifs is 1. The van der Waals surface area contributed by atoms with E-state index in [2.05, 4.69) is 4.98 Å². The number of carbonyl (C=O) groups is 2. The molecule has 1 saturated carbocycles. The van der Waals surface area contributed by atoms with Gasteiger partial charge in [0, 0.05) is 10.4 Å². The Bertz CT molecular complexity index is 886. The number of rotatable bonds is 4. The molecule has 6 nitrogen and oxygen atoms in total. The summed E-state index contributed by atoms with van der Waals surface area (Å²) in [5, 5.41) is 0.990. The van der Waals surface area contributed by atoms with Gasteiger partial charge in [0.15, 0.2) is 6.61 Å². The topological polar surface area (TPSA) is 68.7 Å². The second-order valence-corrected chi connectivity index (χ2v) is 8.39. The molecular formula is C20H22N2O4S. The molecule has 0 unspecified atom stereocenters. The molecule has 0 bridgehead atoms. The number of ether oxygens (including phenoxy) is 2.